The number of nitrogens with zero attached hydrogens (tertiary/aromatic N) is 2. The predicted octanol–water partition coefficient (Wildman–Crippen LogP) is 2.04. The lowest BCUT2D eigenvalue weighted by Gasteiger charge is -2.00. The summed E-state index contributed by atoms with van der Waals surface area (Å²) in [6, 6.07) is 0. The fourth-order valence-electron chi connectivity index (χ4n) is 0.752. The number of aromatic nitrogens is 3. The van der Waals surface area contributed by atoms with Gasteiger partial charge in [0.15, 0.2) is 5.82 Å². The van der Waals surface area contributed by atoms with E-state index in [0.29, 0.717) is 4.83 Å². The van der Waals surface area contributed by atoms with Gasteiger partial charge in [0.05, 0.1) is 4.83 Å². The van der Waals surface area contributed by atoms with Crippen molar-refractivity contribution in [2.45, 2.75) is 24.6 Å². The first-order chi connectivity index (χ1) is 4.84. The van der Waals surface area contributed by atoms with Crippen LogP contribution in [-0.2, 0) is 0 Å². The van der Waals surface area contributed by atoms with Gasteiger partial charge in [0, 0.05) is 0 Å². The number of nitrogens with one attached hydrogen (secondary N) is 1. The van der Waals surface area contributed by atoms with E-state index in [2.05, 4.69) is 38.0 Å². The fraction of sp³-hybridized carbons (Fsp3) is 0.667. The van der Waals surface area contributed by atoms with Crippen LogP contribution in [0.5, 0.6) is 0 Å². The first kappa shape index (κ1) is 7.72. The molecular formula is C6H10BrN3. The highest BCUT2D eigenvalue weighted by atomic mass is 79.9. The zero-order chi connectivity index (χ0) is 7.40. The molecule has 0 spiro atoms. The summed E-state index contributed by atoms with van der Waals surface area (Å²) in [5.41, 5.74) is 0. The molecular weight excluding hydrogens is 194 g/mol. The summed E-state index contributed by atoms with van der Waals surface area (Å²) in [7, 11) is 0. The van der Waals surface area contributed by atoms with Gasteiger partial charge in [0.1, 0.15) is 6.33 Å². The van der Waals surface area contributed by atoms with Gasteiger partial charge in [-0.2, -0.15) is 5.10 Å². The van der Waals surface area contributed by atoms with Crippen molar-refractivity contribution in [3.63, 3.8) is 0 Å². The van der Waals surface area contributed by atoms with Gasteiger partial charge < -0.3 is 0 Å². The molecule has 3 nitrogen and oxygen atoms in total. The minimum absolute atomic E-state index is 0.309. The minimum Gasteiger partial charge on any atom is -0.266 e. The van der Waals surface area contributed by atoms with Crippen molar-refractivity contribution in [1.82, 2.24) is 15.2 Å². The van der Waals surface area contributed by atoms with Gasteiger partial charge in [-0.05, 0) is 6.42 Å². The molecule has 1 unspecified atom stereocenters. The molecule has 0 saturated heterocycles. The largest absolute Gasteiger partial charge is 0.266 e. The lowest BCUT2D eigenvalue weighted by atomic mass is 10.2. The topological polar surface area (TPSA) is 41.6 Å². The predicted molar refractivity (Wildman–Crippen MR) is 43.0 cm³/mol. The Morgan fingerprint density at radius 1 is 1.80 bits per heavy atom. The molecule has 0 radical (unpaired) electrons. The van der Waals surface area contributed by atoms with Crippen molar-refractivity contribution in [2.75, 3.05) is 0 Å². The van der Waals surface area contributed by atoms with E-state index in [1.165, 1.54) is 0 Å². The van der Waals surface area contributed by atoms with E-state index in [-0.39, 0.29) is 0 Å². The molecule has 4 heteroatoms. The lowest BCUT2D eigenvalue weighted by molar-refractivity contribution is 0.749. The number of hydrogen-bond acceptors (Lipinski definition) is 2. The number of rotatable bonds is 3. The summed E-state index contributed by atoms with van der Waals surface area (Å²) in [5.74, 6) is 0.849. The van der Waals surface area contributed by atoms with Gasteiger partial charge in [-0.1, -0.05) is 29.3 Å². The van der Waals surface area contributed by atoms with Crippen LogP contribution in [0.3, 0.4) is 0 Å². The standard InChI is InChI=1S/C6H10BrN3/c1-2-3-5(7)6-8-4-9-10-6/h4-5H,2-3H2,1H3,(H,8,9,10). The Hall–Kier alpha value is -0.380. The van der Waals surface area contributed by atoms with Crippen molar-refractivity contribution in [2.24, 2.45) is 0 Å². The van der Waals surface area contributed by atoms with Crippen LogP contribution in [0.15, 0.2) is 6.33 Å². The van der Waals surface area contributed by atoms with Crippen molar-refractivity contribution in [3.8, 4) is 0 Å². The van der Waals surface area contributed by atoms with Crippen LogP contribution >= 0.6 is 15.9 Å². The SMILES string of the molecule is CCCC(Br)c1nc[nH]n1. The average molecular weight is 204 g/mol. The second kappa shape index (κ2) is 3.71. The van der Waals surface area contributed by atoms with Gasteiger partial charge in [-0.15, -0.1) is 0 Å². The Labute approximate surface area is 68.4 Å². The quantitative estimate of drug-likeness (QED) is 0.765. The molecule has 0 aliphatic rings. The molecule has 0 aliphatic heterocycles. The maximum absolute atomic E-state index is 4.02. The highest BCUT2D eigenvalue weighted by Gasteiger charge is 2.08. The van der Waals surface area contributed by atoms with E-state index in [9.17, 15) is 0 Å². The third kappa shape index (κ3) is 1.80. The van der Waals surface area contributed by atoms with Gasteiger partial charge in [-0.3, -0.25) is 5.10 Å². The molecule has 1 atom stereocenters. The number of hydrogen-bond donors (Lipinski definition) is 1. The normalized spacial score (nSPS) is 13.4. The van der Waals surface area contributed by atoms with Crippen LogP contribution in [-0.4, -0.2) is 15.2 Å². The molecule has 0 fully saturated rings. The van der Waals surface area contributed by atoms with Gasteiger partial charge in [-0.25, -0.2) is 4.98 Å². The first-order valence-corrected chi connectivity index (χ1v) is 4.26. The summed E-state index contributed by atoms with van der Waals surface area (Å²) >= 11 is 3.48. The van der Waals surface area contributed by atoms with Crippen molar-refractivity contribution in [1.29, 1.82) is 0 Å². The fourth-order valence-corrected chi connectivity index (χ4v) is 1.43. The summed E-state index contributed by atoms with van der Waals surface area (Å²) < 4.78 is 0. The van der Waals surface area contributed by atoms with Crippen LogP contribution in [0, 0.1) is 0 Å². The van der Waals surface area contributed by atoms with E-state index in [1.807, 2.05) is 0 Å². The van der Waals surface area contributed by atoms with E-state index < -0.39 is 0 Å². The molecule has 0 amide bonds. The second-order valence-corrected chi connectivity index (χ2v) is 3.22. The van der Waals surface area contributed by atoms with E-state index in [0.717, 1.165) is 18.7 Å². The molecule has 56 valence electrons. The third-order valence-corrected chi connectivity index (χ3v) is 2.12. The van der Waals surface area contributed by atoms with Crippen molar-refractivity contribution >= 4 is 15.9 Å². The molecule has 0 aliphatic carbocycles. The minimum atomic E-state index is 0.309. The first-order valence-electron chi connectivity index (χ1n) is 3.34. The third-order valence-electron chi connectivity index (χ3n) is 1.26. The number of halogens is 1. The van der Waals surface area contributed by atoms with E-state index in [1.54, 1.807) is 6.33 Å². The molecule has 10 heavy (non-hydrogen) atoms. The Kier molecular flexibility index (Phi) is 2.86. The van der Waals surface area contributed by atoms with Gasteiger partial charge in [0.2, 0.25) is 0 Å². The summed E-state index contributed by atoms with van der Waals surface area (Å²) in [6.07, 6.45) is 3.82. The number of aromatic amines is 1. The second-order valence-electron chi connectivity index (χ2n) is 2.11. The van der Waals surface area contributed by atoms with E-state index in [4.69, 9.17) is 0 Å². The van der Waals surface area contributed by atoms with Gasteiger partial charge in [0.25, 0.3) is 0 Å². The Bertz CT molecular complexity index is 173. The zero-order valence-corrected chi connectivity index (χ0v) is 7.43. The van der Waals surface area contributed by atoms with Crippen LogP contribution in [0.4, 0.5) is 0 Å². The van der Waals surface area contributed by atoms with Crippen LogP contribution in [0.2, 0.25) is 0 Å². The molecule has 1 N–H and O–H groups in total. The number of H-pyrrole nitrogens is 1. The van der Waals surface area contributed by atoms with Crippen LogP contribution in [0.1, 0.15) is 30.4 Å². The maximum atomic E-state index is 4.02. The van der Waals surface area contributed by atoms with E-state index >= 15 is 0 Å². The Balaban J connectivity index is 2.50. The summed E-state index contributed by atoms with van der Waals surface area (Å²) in [4.78, 5) is 4.33. The molecule has 1 aromatic heterocycles. The molecule has 0 saturated carbocycles. The Morgan fingerprint density at radius 3 is 3.10 bits per heavy atom. The molecule has 0 bridgehead atoms. The average Bonchev–Trinajstić information content (AvgIpc) is 2.38. The lowest BCUT2D eigenvalue weighted by Crippen LogP contribution is -1.91. The van der Waals surface area contributed by atoms with Crippen molar-refractivity contribution in [3.05, 3.63) is 12.2 Å². The highest BCUT2D eigenvalue weighted by molar-refractivity contribution is 9.09. The smallest absolute Gasteiger partial charge is 0.163 e. The summed E-state index contributed by atoms with van der Waals surface area (Å²) in [6.45, 7) is 2.14. The van der Waals surface area contributed by atoms with Crippen LogP contribution < -0.4 is 0 Å². The molecule has 1 aromatic rings. The van der Waals surface area contributed by atoms with Crippen molar-refractivity contribution < 1.29 is 0 Å². The Morgan fingerprint density at radius 2 is 2.60 bits per heavy atom. The number of alkyl halides is 1. The zero-order valence-electron chi connectivity index (χ0n) is 5.84. The molecule has 0 aromatic carbocycles. The maximum Gasteiger partial charge on any atom is 0.163 e. The monoisotopic (exact) mass is 203 g/mol. The molecule has 1 heterocycles. The van der Waals surface area contributed by atoms with Gasteiger partial charge >= 0.3 is 0 Å². The molecule has 1 rings (SSSR count). The highest BCUT2D eigenvalue weighted by Crippen LogP contribution is 2.23. The van der Waals surface area contributed by atoms with Crippen LogP contribution in [0.25, 0.3) is 0 Å². The summed E-state index contributed by atoms with van der Waals surface area (Å²) in [5, 5.41) is 6.63.